The molecule has 0 fully saturated rings. The summed E-state index contributed by atoms with van der Waals surface area (Å²) in [5, 5.41) is 3.27. The number of carbonyl (C=O) groups is 1. The van der Waals surface area contributed by atoms with Crippen LogP contribution in [-0.4, -0.2) is 19.1 Å². The van der Waals surface area contributed by atoms with Crippen LogP contribution < -0.4 is 15.8 Å². The zero-order chi connectivity index (χ0) is 12.3. The lowest BCUT2D eigenvalue weighted by molar-refractivity contribution is -0.117. The van der Waals surface area contributed by atoms with Crippen molar-refractivity contribution in [2.45, 2.75) is 19.9 Å². The number of aryl methyl sites for hydroxylation is 1. The van der Waals surface area contributed by atoms with Crippen LogP contribution >= 0.6 is 24.0 Å². The van der Waals surface area contributed by atoms with Crippen LogP contribution in [0.5, 0.6) is 5.75 Å². The molecule has 3 N–H and O–H groups in total. The Kier molecular flexibility index (Phi) is 6.31. The predicted octanol–water partition coefficient (Wildman–Crippen LogP) is 2.36. The van der Waals surface area contributed by atoms with Gasteiger partial charge in [-0.3, -0.25) is 4.79 Å². The average molecular weight is 279 g/mol. The van der Waals surface area contributed by atoms with Crippen molar-refractivity contribution in [1.29, 1.82) is 0 Å². The summed E-state index contributed by atoms with van der Waals surface area (Å²) in [6.07, 6.45) is 0. The lowest BCUT2D eigenvalue weighted by Gasteiger charge is -2.13. The largest absolute Gasteiger partial charge is 0.495 e. The molecular formula is C11H16Cl2N2O2. The summed E-state index contributed by atoms with van der Waals surface area (Å²) < 4.78 is 5.12. The molecule has 4 nitrogen and oxygen atoms in total. The summed E-state index contributed by atoms with van der Waals surface area (Å²) in [5.74, 6) is 0.254. The first-order chi connectivity index (χ1) is 7.45. The summed E-state index contributed by atoms with van der Waals surface area (Å²) in [6, 6.07) is 2.84. The van der Waals surface area contributed by atoms with Gasteiger partial charge < -0.3 is 15.8 Å². The number of anilines is 1. The summed E-state index contributed by atoms with van der Waals surface area (Å²) in [7, 11) is 1.52. The monoisotopic (exact) mass is 278 g/mol. The molecule has 1 amide bonds. The van der Waals surface area contributed by atoms with Gasteiger partial charge in [0.1, 0.15) is 5.75 Å². The number of hydrogen-bond donors (Lipinski definition) is 2. The molecule has 0 saturated heterocycles. The van der Waals surface area contributed by atoms with Crippen LogP contribution in [0.2, 0.25) is 5.02 Å². The van der Waals surface area contributed by atoms with Gasteiger partial charge in [-0.1, -0.05) is 11.6 Å². The van der Waals surface area contributed by atoms with Crippen LogP contribution in [0, 0.1) is 6.92 Å². The molecule has 6 heteroatoms. The maximum atomic E-state index is 11.5. The Hall–Kier alpha value is -0.970. The number of amides is 1. The SMILES string of the molecule is COc1cc(Cl)c(C)cc1NC(=O)[C@H](C)N.Cl. The molecule has 96 valence electrons. The number of hydrogen-bond acceptors (Lipinski definition) is 3. The number of ether oxygens (including phenoxy) is 1. The van der Waals surface area contributed by atoms with Gasteiger partial charge in [-0.25, -0.2) is 0 Å². The fourth-order valence-corrected chi connectivity index (χ4v) is 1.33. The number of rotatable bonds is 3. The van der Waals surface area contributed by atoms with Crippen LogP contribution in [0.15, 0.2) is 12.1 Å². The third-order valence-electron chi connectivity index (χ3n) is 2.15. The molecule has 0 aliphatic carbocycles. The van der Waals surface area contributed by atoms with Crippen molar-refractivity contribution in [3.05, 3.63) is 22.7 Å². The second-order valence-corrected chi connectivity index (χ2v) is 3.99. The fourth-order valence-electron chi connectivity index (χ4n) is 1.18. The minimum absolute atomic E-state index is 0. The van der Waals surface area contributed by atoms with Crippen LogP contribution in [0.25, 0.3) is 0 Å². The number of nitrogens with one attached hydrogen (secondary N) is 1. The summed E-state index contributed by atoms with van der Waals surface area (Å²) in [4.78, 5) is 11.5. The zero-order valence-electron chi connectivity index (χ0n) is 9.91. The molecule has 0 aliphatic heterocycles. The maximum Gasteiger partial charge on any atom is 0.241 e. The minimum atomic E-state index is -0.569. The van der Waals surface area contributed by atoms with Gasteiger partial charge in [-0.2, -0.15) is 0 Å². The molecule has 0 saturated carbocycles. The Morgan fingerprint density at radius 1 is 1.53 bits per heavy atom. The Balaban J connectivity index is 0.00000256. The normalized spacial score (nSPS) is 11.4. The standard InChI is InChI=1S/C11H15ClN2O2.ClH/c1-6-4-9(14-11(15)7(2)13)10(16-3)5-8(6)12;/h4-5,7H,13H2,1-3H3,(H,14,15);1H/t7-;/m0./s1. The zero-order valence-corrected chi connectivity index (χ0v) is 11.5. The molecular weight excluding hydrogens is 263 g/mol. The van der Waals surface area contributed by atoms with Crippen molar-refractivity contribution in [2.24, 2.45) is 5.73 Å². The van der Waals surface area contributed by atoms with Crippen LogP contribution in [0.4, 0.5) is 5.69 Å². The molecule has 0 radical (unpaired) electrons. The number of benzene rings is 1. The third kappa shape index (κ3) is 4.07. The molecule has 1 rings (SSSR count). The van der Waals surface area contributed by atoms with Crippen molar-refractivity contribution in [1.82, 2.24) is 0 Å². The van der Waals surface area contributed by atoms with E-state index in [0.717, 1.165) is 5.56 Å². The van der Waals surface area contributed by atoms with Crippen molar-refractivity contribution in [2.75, 3.05) is 12.4 Å². The van der Waals surface area contributed by atoms with Crippen molar-refractivity contribution in [3.63, 3.8) is 0 Å². The predicted molar refractivity (Wildman–Crippen MR) is 72.3 cm³/mol. The van der Waals surface area contributed by atoms with E-state index in [2.05, 4.69) is 5.32 Å². The number of carbonyl (C=O) groups excluding carboxylic acids is 1. The second-order valence-electron chi connectivity index (χ2n) is 3.58. The van der Waals surface area contributed by atoms with Crippen LogP contribution in [0.1, 0.15) is 12.5 Å². The summed E-state index contributed by atoms with van der Waals surface area (Å²) in [5.41, 5.74) is 6.90. The van der Waals surface area contributed by atoms with Crippen LogP contribution in [-0.2, 0) is 4.79 Å². The van der Waals surface area contributed by atoms with Gasteiger partial charge in [0.05, 0.1) is 18.8 Å². The molecule has 0 unspecified atom stereocenters. The summed E-state index contributed by atoms with van der Waals surface area (Å²) >= 11 is 5.95. The first-order valence-corrected chi connectivity index (χ1v) is 5.24. The molecule has 0 aromatic heterocycles. The van der Waals surface area contributed by atoms with Gasteiger partial charge in [0.25, 0.3) is 0 Å². The molecule has 0 spiro atoms. The number of methoxy groups -OCH3 is 1. The van der Waals surface area contributed by atoms with Gasteiger partial charge in [0.15, 0.2) is 0 Å². The smallest absolute Gasteiger partial charge is 0.241 e. The highest BCUT2D eigenvalue weighted by Crippen LogP contribution is 2.30. The van der Waals surface area contributed by atoms with Crippen molar-refractivity contribution >= 4 is 35.6 Å². The first kappa shape index (κ1) is 16.0. The average Bonchev–Trinajstić information content (AvgIpc) is 2.22. The quantitative estimate of drug-likeness (QED) is 0.892. The third-order valence-corrected chi connectivity index (χ3v) is 2.56. The minimum Gasteiger partial charge on any atom is -0.495 e. The van der Waals surface area contributed by atoms with E-state index < -0.39 is 6.04 Å². The highest BCUT2D eigenvalue weighted by atomic mass is 35.5. The lowest BCUT2D eigenvalue weighted by Crippen LogP contribution is -2.32. The van der Waals surface area contributed by atoms with E-state index in [9.17, 15) is 4.79 Å². The van der Waals surface area contributed by atoms with Gasteiger partial charge in [0, 0.05) is 11.1 Å². The van der Waals surface area contributed by atoms with E-state index in [1.807, 2.05) is 6.92 Å². The van der Waals surface area contributed by atoms with Crippen LogP contribution in [0.3, 0.4) is 0 Å². The van der Waals surface area contributed by atoms with E-state index in [0.29, 0.717) is 16.5 Å². The Morgan fingerprint density at radius 2 is 2.12 bits per heavy atom. The molecule has 0 aliphatic rings. The molecule has 17 heavy (non-hydrogen) atoms. The Labute approximate surface area is 112 Å². The Bertz CT molecular complexity index is 409. The maximum absolute atomic E-state index is 11.5. The van der Waals surface area contributed by atoms with E-state index >= 15 is 0 Å². The highest BCUT2D eigenvalue weighted by Gasteiger charge is 2.12. The van der Waals surface area contributed by atoms with E-state index in [-0.39, 0.29) is 18.3 Å². The summed E-state index contributed by atoms with van der Waals surface area (Å²) in [6.45, 7) is 3.47. The van der Waals surface area contributed by atoms with Gasteiger partial charge >= 0.3 is 0 Å². The number of halogens is 2. The van der Waals surface area contributed by atoms with Gasteiger partial charge in [0.2, 0.25) is 5.91 Å². The highest BCUT2D eigenvalue weighted by molar-refractivity contribution is 6.31. The van der Waals surface area contributed by atoms with E-state index in [1.165, 1.54) is 7.11 Å². The van der Waals surface area contributed by atoms with Gasteiger partial charge in [-0.15, -0.1) is 12.4 Å². The second kappa shape index (κ2) is 6.69. The lowest BCUT2D eigenvalue weighted by atomic mass is 10.2. The number of nitrogens with two attached hydrogens (primary N) is 1. The fraction of sp³-hybridized carbons (Fsp3) is 0.364. The van der Waals surface area contributed by atoms with Gasteiger partial charge in [-0.05, 0) is 25.5 Å². The topological polar surface area (TPSA) is 64.3 Å². The van der Waals surface area contributed by atoms with E-state index in [1.54, 1.807) is 19.1 Å². The molecule has 1 aromatic carbocycles. The van der Waals surface area contributed by atoms with Crippen molar-refractivity contribution in [3.8, 4) is 5.75 Å². The Morgan fingerprint density at radius 3 is 2.59 bits per heavy atom. The molecule has 1 aromatic rings. The molecule has 0 heterocycles. The van der Waals surface area contributed by atoms with E-state index in [4.69, 9.17) is 22.1 Å². The molecule has 1 atom stereocenters. The van der Waals surface area contributed by atoms with Crippen molar-refractivity contribution < 1.29 is 9.53 Å². The molecule has 0 bridgehead atoms. The first-order valence-electron chi connectivity index (χ1n) is 4.86.